The molecule has 8 heavy (non-hydrogen) atoms. The number of hydrogen-bond donors (Lipinski definition) is 1. The maximum atomic E-state index is 6.04. The number of hydrogen-bond acceptors (Lipinski definition) is 1. The van der Waals surface area contributed by atoms with Crippen LogP contribution in [-0.2, 0) is 0 Å². The Labute approximate surface area is 49.3 Å². The Morgan fingerprint density at radius 1 is 1.25 bits per heavy atom. The first kappa shape index (κ1) is 3.89. The SMILES string of the molecule is NC12CC3CC1[C@H]2C3. The van der Waals surface area contributed by atoms with Crippen molar-refractivity contribution in [3.8, 4) is 0 Å². The van der Waals surface area contributed by atoms with Crippen molar-refractivity contribution in [2.24, 2.45) is 23.5 Å². The Hall–Kier alpha value is -0.0400. The molecule has 0 aromatic heterocycles. The minimum atomic E-state index is 0.394. The van der Waals surface area contributed by atoms with Crippen molar-refractivity contribution < 1.29 is 0 Å². The van der Waals surface area contributed by atoms with Crippen LogP contribution in [0.1, 0.15) is 19.3 Å². The van der Waals surface area contributed by atoms with E-state index >= 15 is 0 Å². The van der Waals surface area contributed by atoms with Gasteiger partial charge in [-0.15, -0.1) is 0 Å². The fraction of sp³-hybridized carbons (Fsp3) is 1.00. The molecule has 4 fully saturated rings. The molecule has 1 nitrogen and oxygen atoms in total. The second kappa shape index (κ2) is 0.766. The predicted octanol–water partition coefficient (Wildman–Crippen LogP) is 0.744. The molecule has 4 atom stereocenters. The van der Waals surface area contributed by atoms with E-state index in [-0.39, 0.29) is 0 Å². The van der Waals surface area contributed by atoms with Crippen LogP contribution < -0.4 is 5.73 Å². The Kier molecular flexibility index (Phi) is 0.372. The summed E-state index contributed by atoms with van der Waals surface area (Å²) in [6.07, 6.45) is 4.31. The van der Waals surface area contributed by atoms with Crippen LogP contribution >= 0.6 is 0 Å². The molecule has 0 radical (unpaired) electrons. The second-order valence-corrected chi connectivity index (χ2v) is 3.87. The summed E-state index contributed by atoms with van der Waals surface area (Å²) >= 11 is 0. The maximum Gasteiger partial charge on any atom is 0.0221 e. The zero-order valence-electron chi connectivity index (χ0n) is 4.93. The highest BCUT2D eigenvalue weighted by atomic mass is 15.0. The summed E-state index contributed by atoms with van der Waals surface area (Å²) in [6, 6.07) is 0. The topological polar surface area (TPSA) is 26.0 Å². The Morgan fingerprint density at radius 2 is 1.88 bits per heavy atom. The fourth-order valence-corrected chi connectivity index (χ4v) is 3.18. The average molecular weight is 109 g/mol. The van der Waals surface area contributed by atoms with Crippen LogP contribution in [0.4, 0.5) is 0 Å². The first-order valence-electron chi connectivity index (χ1n) is 3.59. The van der Waals surface area contributed by atoms with Crippen molar-refractivity contribution in [2.45, 2.75) is 24.8 Å². The fourth-order valence-electron chi connectivity index (χ4n) is 3.18. The van der Waals surface area contributed by atoms with Crippen LogP contribution in [0.2, 0.25) is 0 Å². The van der Waals surface area contributed by atoms with Gasteiger partial charge < -0.3 is 5.73 Å². The quantitative estimate of drug-likeness (QED) is 0.488. The molecule has 0 amide bonds. The monoisotopic (exact) mass is 109 g/mol. The van der Waals surface area contributed by atoms with Crippen molar-refractivity contribution in [1.29, 1.82) is 0 Å². The van der Waals surface area contributed by atoms with E-state index in [9.17, 15) is 0 Å². The van der Waals surface area contributed by atoms with Gasteiger partial charge in [-0.25, -0.2) is 0 Å². The highest BCUT2D eigenvalue weighted by Gasteiger charge is 2.72. The molecule has 0 saturated heterocycles. The number of rotatable bonds is 0. The Balaban J connectivity index is 2.16. The van der Waals surface area contributed by atoms with Crippen molar-refractivity contribution in [1.82, 2.24) is 0 Å². The molecule has 1 heteroatoms. The second-order valence-electron chi connectivity index (χ2n) is 3.87. The van der Waals surface area contributed by atoms with E-state index in [0.717, 1.165) is 17.8 Å². The predicted molar refractivity (Wildman–Crippen MR) is 31.2 cm³/mol. The standard InChI is InChI=1S/C7H11N/c8-7-3-4-1-5(7)6(7)2-4/h4-6H,1-3,8H2/t4?,5-,6?,7?/m1/s1. The third-order valence-corrected chi connectivity index (χ3v) is 3.57. The van der Waals surface area contributed by atoms with E-state index in [1.165, 1.54) is 19.3 Å². The van der Waals surface area contributed by atoms with Crippen LogP contribution in [0.25, 0.3) is 0 Å². The molecule has 0 aliphatic heterocycles. The first-order valence-corrected chi connectivity index (χ1v) is 3.59. The molecule has 4 rings (SSSR count). The Morgan fingerprint density at radius 3 is 2.00 bits per heavy atom. The molecule has 3 unspecified atom stereocenters. The summed E-state index contributed by atoms with van der Waals surface area (Å²) < 4.78 is 0. The van der Waals surface area contributed by atoms with Crippen LogP contribution in [0.15, 0.2) is 0 Å². The maximum absolute atomic E-state index is 6.04. The van der Waals surface area contributed by atoms with Crippen LogP contribution in [0.5, 0.6) is 0 Å². The lowest BCUT2D eigenvalue weighted by Gasteiger charge is -1.97. The molecular weight excluding hydrogens is 98.1 g/mol. The lowest BCUT2D eigenvalue weighted by molar-refractivity contribution is 0.594. The van der Waals surface area contributed by atoms with Gasteiger partial charge in [-0.1, -0.05) is 0 Å². The van der Waals surface area contributed by atoms with Gasteiger partial charge in [0.2, 0.25) is 0 Å². The van der Waals surface area contributed by atoms with Gasteiger partial charge in [0.15, 0.2) is 0 Å². The third kappa shape index (κ3) is 0.202. The van der Waals surface area contributed by atoms with Gasteiger partial charge in [-0.3, -0.25) is 0 Å². The molecule has 0 heterocycles. The zero-order valence-corrected chi connectivity index (χ0v) is 4.93. The lowest BCUT2D eigenvalue weighted by atomic mass is 10.1. The van der Waals surface area contributed by atoms with Crippen molar-refractivity contribution in [3.05, 3.63) is 0 Å². The Bertz CT molecular complexity index is 140. The van der Waals surface area contributed by atoms with E-state index in [4.69, 9.17) is 5.73 Å². The molecule has 44 valence electrons. The highest BCUT2D eigenvalue weighted by Crippen LogP contribution is 2.71. The van der Waals surface area contributed by atoms with Crippen molar-refractivity contribution in [3.63, 3.8) is 0 Å². The molecule has 4 saturated carbocycles. The molecule has 4 aliphatic rings. The molecule has 0 aromatic rings. The van der Waals surface area contributed by atoms with Gasteiger partial charge in [0.25, 0.3) is 0 Å². The summed E-state index contributed by atoms with van der Waals surface area (Å²) in [5.74, 6) is 3.01. The molecule has 0 spiro atoms. The van der Waals surface area contributed by atoms with E-state index in [0.29, 0.717) is 5.54 Å². The number of nitrogens with two attached hydrogens (primary N) is 1. The molecular formula is C7H11N. The van der Waals surface area contributed by atoms with Crippen LogP contribution in [0.3, 0.4) is 0 Å². The van der Waals surface area contributed by atoms with E-state index in [1.807, 2.05) is 0 Å². The summed E-state index contributed by atoms with van der Waals surface area (Å²) in [4.78, 5) is 0. The summed E-state index contributed by atoms with van der Waals surface area (Å²) in [7, 11) is 0. The average Bonchev–Trinajstić information content (AvgIpc) is 2.11. The van der Waals surface area contributed by atoms with Crippen LogP contribution in [0, 0.1) is 17.8 Å². The molecule has 4 aliphatic carbocycles. The normalized spacial score (nSPS) is 73.9. The molecule has 2 N–H and O–H groups in total. The van der Waals surface area contributed by atoms with Gasteiger partial charge in [-0.05, 0) is 37.0 Å². The lowest BCUT2D eigenvalue weighted by Crippen LogP contribution is -2.21. The molecule has 0 aromatic carbocycles. The summed E-state index contributed by atoms with van der Waals surface area (Å²) in [5, 5.41) is 0. The van der Waals surface area contributed by atoms with E-state index < -0.39 is 0 Å². The van der Waals surface area contributed by atoms with Gasteiger partial charge in [0, 0.05) is 5.54 Å². The zero-order chi connectivity index (χ0) is 5.35. The largest absolute Gasteiger partial charge is 0.325 e. The van der Waals surface area contributed by atoms with Gasteiger partial charge in [0.1, 0.15) is 0 Å². The third-order valence-electron chi connectivity index (χ3n) is 3.57. The van der Waals surface area contributed by atoms with Gasteiger partial charge in [0.05, 0.1) is 0 Å². The van der Waals surface area contributed by atoms with Gasteiger partial charge >= 0.3 is 0 Å². The van der Waals surface area contributed by atoms with Crippen LogP contribution in [-0.4, -0.2) is 5.54 Å². The molecule has 4 bridgehead atoms. The van der Waals surface area contributed by atoms with E-state index in [2.05, 4.69) is 0 Å². The van der Waals surface area contributed by atoms with Crippen molar-refractivity contribution >= 4 is 0 Å². The highest BCUT2D eigenvalue weighted by molar-refractivity contribution is 5.27. The van der Waals surface area contributed by atoms with E-state index in [1.54, 1.807) is 0 Å². The van der Waals surface area contributed by atoms with Crippen molar-refractivity contribution in [2.75, 3.05) is 0 Å². The minimum absolute atomic E-state index is 0.394. The first-order chi connectivity index (χ1) is 3.81. The van der Waals surface area contributed by atoms with Gasteiger partial charge in [-0.2, -0.15) is 0 Å². The summed E-state index contributed by atoms with van der Waals surface area (Å²) in [5.41, 5.74) is 6.43. The smallest absolute Gasteiger partial charge is 0.0221 e. The minimum Gasteiger partial charge on any atom is -0.325 e. The summed E-state index contributed by atoms with van der Waals surface area (Å²) in [6.45, 7) is 0.